The van der Waals surface area contributed by atoms with E-state index in [4.69, 9.17) is 10.5 Å². The van der Waals surface area contributed by atoms with Crippen LogP contribution in [0.15, 0.2) is 41.8 Å². The van der Waals surface area contributed by atoms with Gasteiger partial charge in [0.15, 0.2) is 0 Å². The summed E-state index contributed by atoms with van der Waals surface area (Å²) in [6.45, 7) is 8.25. The molecular formula is C24H23N3O3. The number of nitriles is 1. The van der Waals surface area contributed by atoms with E-state index in [9.17, 15) is 15.2 Å². The van der Waals surface area contributed by atoms with Crippen molar-refractivity contribution in [2.45, 2.75) is 51.0 Å². The van der Waals surface area contributed by atoms with E-state index in [2.05, 4.69) is 32.9 Å². The van der Waals surface area contributed by atoms with E-state index >= 15 is 0 Å². The smallest absolute Gasteiger partial charge is 0.248 e. The molecule has 6 heteroatoms. The number of fused-ring (bicyclic) bond motifs is 3. The van der Waals surface area contributed by atoms with E-state index in [1.807, 2.05) is 17.9 Å². The molecule has 30 heavy (non-hydrogen) atoms. The Bertz CT molecular complexity index is 1220. The fourth-order valence-corrected chi connectivity index (χ4v) is 5.74. The molecule has 2 atom stereocenters. The molecule has 0 radical (unpaired) electrons. The molecule has 3 N–H and O–H groups in total. The highest BCUT2D eigenvalue weighted by atomic mass is 16.5. The van der Waals surface area contributed by atoms with Crippen LogP contribution in [0.3, 0.4) is 0 Å². The molecule has 3 heterocycles. The molecule has 0 aliphatic carbocycles. The topological polar surface area (TPSA) is 99.6 Å². The van der Waals surface area contributed by atoms with Crippen molar-refractivity contribution in [2.75, 3.05) is 4.90 Å². The van der Waals surface area contributed by atoms with Gasteiger partial charge in [-0.15, -0.1) is 0 Å². The molecule has 2 aromatic carbocycles. The second kappa shape index (κ2) is 5.57. The summed E-state index contributed by atoms with van der Waals surface area (Å²) < 4.78 is 5.70. The summed E-state index contributed by atoms with van der Waals surface area (Å²) in [5.41, 5.74) is 8.69. The highest BCUT2D eigenvalue weighted by molar-refractivity contribution is 6.16. The molecule has 6 nitrogen and oxygen atoms in total. The van der Waals surface area contributed by atoms with Gasteiger partial charge in [-0.2, -0.15) is 5.26 Å². The summed E-state index contributed by atoms with van der Waals surface area (Å²) in [5, 5.41) is 20.2. The number of carbonyl (C=O) groups is 1. The third kappa shape index (κ3) is 1.95. The fourth-order valence-electron chi connectivity index (χ4n) is 5.74. The molecular weight excluding hydrogens is 378 g/mol. The predicted molar refractivity (Wildman–Crippen MR) is 112 cm³/mol. The van der Waals surface area contributed by atoms with Crippen LogP contribution in [0.1, 0.15) is 55.4 Å². The van der Waals surface area contributed by atoms with Crippen molar-refractivity contribution < 1.29 is 14.6 Å². The Morgan fingerprint density at radius 3 is 2.73 bits per heavy atom. The lowest BCUT2D eigenvalue weighted by atomic mass is 9.67. The Kier molecular flexibility index (Phi) is 3.45. The summed E-state index contributed by atoms with van der Waals surface area (Å²) in [6, 6.07) is 10.9. The van der Waals surface area contributed by atoms with Crippen LogP contribution in [0.2, 0.25) is 0 Å². The summed E-state index contributed by atoms with van der Waals surface area (Å²) in [7, 11) is 0. The highest BCUT2D eigenvalue weighted by Gasteiger charge is 2.63. The predicted octanol–water partition coefficient (Wildman–Crippen LogP) is 3.71. The largest absolute Gasteiger partial charge is 0.508 e. The van der Waals surface area contributed by atoms with E-state index in [0.717, 1.165) is 28.8 Å². The van der Waals surface area contributed by atoms with E-state index in [0.29, 0.717) is 11.3 Å². The monoisotopic (exact) mass is 401 g/mol. The van der Waals surface area contributed by atoms with Gasteiger partial charge in [0.05, 0.1) is 5.69 Å². The zero-order valence-corrected chi connectivity index (χ0v) is 17.4. The number of ether oxygens (including phenoxy) is 1. The Morgan fingerprint density at radius 2 is 2.03 bits per heavy atom. The van der Waals surface area contributed by atoms with Gasteiger partial charge in [0.2, 0.25) is 11.8 Å². The van der Waals surface area contributed by atoms with Crippen molar-refractivity contribution in [3.8, 4) is 17.6 Å². The maximum atomic E-state index is 14.4. The van der Waals surface area contributed by atoms with Crippen LogP contribution < -0.4 is 15.4 Å². The average Bonchev–Trinajstić information content (AvgIpc) is 2.92. The lowest BCUT2D eigenvalue weighted by Crippen LogP contribution is -2.54. The fraction of sp³-hybridized carbons (Fsp3) is 0.333. The van der Waals surface area contributed by atoms with Gasteiger partial charge < -0.3 is 20.5 Å². The first-order valence-corrected chi connectivity index (χ1v) is 10.0. The van der Waals surface area contributed by atoms with Gasteiger partial charge in [-0.1, -0.05) is 19.1 Å². The van der Waals surface area contributed by atoms with Gasteiger partial charge in [0.1, 0.15) is 28.6 Å². The minimum absolute atomic E-state index is 0.00312. The molecule has 152 valence electrons. The zero-order valence-electron chi connectivity index (χ0n) is 17.4. The molecule has 0 bridgehead atoms. The summed E-state index contributed by atoms with van der Waals surface area (Å²) in [5.74, 6) is 0.261. The number of nitrogens with two attached hydrogens (primary N) is 1. The lowest BCUT2D eigenvalue weighted by molar-refractivity contribution is -0.122. The molecule has 3 aliphatic rings. The first-order chi connectivity index (χ1) is 14.1. The van der Waals surface area contributed by atoms with Crippen molar-refractivity contribution in [2.24, 2.45) is 5.73 Å². The maximum Gasteiger partial charge on any atom is 0.248 e. The van der Waals surface area contributed by atoms with Crippen molar-refractivity contribution in [1.82, 2.24) is 0 Å². The number of hydrogen-bond acceptors (Lipinski definition) is 5. The SMILES string of the molecule is Cc1ccc2c3c1[C@@]1(C(=O)N3C(C)(C)C[C@@H]2C)C(C#N)=C(N)Oc2cc(O)ccc21. The molecule has 5 rings (SSSR count). The Hall–Kier alpha value is -3.46. The van der Waals surface area contributed by atoms with Crippen molar-refractivity contribution in [1.29, 1.82) is 5.26 Å². The molecule has 0 saturated heterocycles. The van der Waals surface area contributed by atoms with Crippen LogP contribution in [0, 0.1) is 18.3 Å². The number of carbonyl (C=O) groups excluding carboxylic acids is 1. The minimum Gasteiger partial charge on any atom is -0.508 e. The number of aromatic hydroxyl groups is 1. The molecule has 1 spiro atoms. The number of anilines is 1. The summed E-state index contributed by atoms with van der Waals surface area (Å²) in [4.78, 5) is 16.2. The van der Waals surface area contributed by atoms with E-state index in [1.54, 1.807) is 6.07 Å². The van der Waals surface area contributed by atoms with Crippen LogP contribution >= 0.6 is 0 Å². The Balaban J connectivity index is 1.99. The van der Waals surface area contributed by atoms with Crippen LogP contribution in [0.25, 0.3) is 0 Å². The number of benzene rings is 2. The molecule has 0 fully saturated rings. The van der Waals surface area contributed by atoms with Crippen LogP contribution in [0.5, 0.6) is 11.5 Å². The number of nitrogens with zero attached hydrogens (tertiary/aromatic N) is 2. The van der Waals surface area contributed by atoms with Gasteiger partial charge in [-0.3, -0.25) is 4.79 Å². The third-order valence-electron chi connectivity index (χ3n) is 6.80. The highest BCUT2D eigenvalue weighted by Crippen LogP contribution is 2.61. The van der Waals surface area contributed by atoms with Crippen molar-refractivity contribution in [3.63, 3.8) is 0 Å². The van der Waals surface area contributed by atoms with E-state index < -0.39 is 11.0 Å². The summed E-state index contributed by atoms with van der Waals surface area (Å²) in [6.07, 6.45) is 0.810. The van der Waals surface area contributed by atoms with Crippen LogP contribution in [-0.4, -0.2) is 16.6 Å². The quantitative estimate of drug-likeness (QED) is 0.701. The Morgan fingerprint density at radius 1 is 1.30 bits per heavy atom. The standard InChI is InChI=1S/C24H23N3O3/c1-12-5-7-15-13(2)10-23(3,4)27-20(15)19(12)24(22(27)29)16-8-6-14(28)9-18(16)30-21(26)17(24)11-25/h5-9,13,28H,10,26H2,1-4H3/t13-,24-/m0/s1. The number of rotatable bonds is 0. The minimum atomic E-state index is -1.39. The third-order valence-corrected chi connectivity index (χ3v) is 6.80. The first kappa shape index (κ1) is 18.6. The zero-order chi connectivity index (χ0) is 21.6. The van der Waals surface area contributed by atoms with Gasteiger partial charge >= 0.3 is 0 Å². The van der Waals surface area contributed by atoms with Gasteiger partial charge in [0.25, 0.3) is 0 Å². The number of phenols is 1. The van der Waals surface area contributed by atoms with Crippen molar-refractivity contribution >= 4 is 11.6 Å². The van der Waals surface area contributed by atoms with Crippen LogP contribution in [-0.2, 0) is 10.2 Å². The van der Waals surface area contributed by atoms with Gasteiger partial charge in [0, 0.05) is 22.7 Å². The second-order valence-electron chi connectivity index (χ2n) is 9.14. The molecule has 1 amide bonds. The molecule has 2 aromatic rings. The number of phenolic OH excluding ortho intramolecular Hbond substituents is 1. The molecule has 0 saturated carbocycles. The Labute approximate surface area is 175 Å². The second-order valence-corrected chi connectivity index (χ2v) is 9.14. The van der Waals surface area contributed by atoms with Gasteiger partial charge in [-0.25, -0.2) is 0 Å². The molecule has 0 unspecified atom stereocenters. The summed E-state index contributed by atoms with van der Waals surface area (Å²) >= 11 is 0. The van der Waals surface area contributed by atoms with Crippen molar-refractivity contribution in [3.05, 3.63) is 64.0 Å². The first-order valence-electron chi connectivity index (χ1n) is 10.0. The molecule has 3 aliphatic heterocycles. The normalized spacial score (nSPS) is 25.6. The number of hydrogen-bond donors (Lipinski definition) is 2. The van der Waals surface area contributed by atoms with Gasteiger partial charge in [-0.05, 0) is 56.4 Å². The van der Waals surface area contributed by atoms with Crippen LogP contribution in [0.4, 0.5) is 5.69 Å². The average molecular weight is 401 g/mol. The number of aryl methyl sites for hydroxylation is 1. The number of amides is 1. The van der Waals surface area contributed by atoms with E-state index in [1.165, 1.54) is 12.1 Å². The molecule has 0 aromatic heterocycles. The maximum absolute atomic E-state index is 14.4. The van der Waals surface area contributed by atoms with E-state index in [-0.39, 0.29) is 29.0 Å². The lowest BCUT2D eigenvalue weighted by Gasteiger charge is -2.44.